The highest BCUT2D eigenvalue weighted by Gasteiger charge is 2.44. The Morgan fingerprint density at radius 2 is 2.18 bits per heavy atom. The van der Waals surface area contributed by atoms with E-state index in [4.69, 9.17) is 5.73 Å². The fourth-order valence-corrected chi connectivity index (χ4v) is 1.88. The average Bonchev–Trinajstić information content (AvgIpc) is 3.07. The molecule has 1 atom stereocenters. The molecular formula is C13H18N2O2. The number of aryl methyl sites for hydroxylation is 1. The lowest BCUT2D eigenvalue weighted by Crippen LogP contribution is -2.50. The van der Waals surface area contributed by atoms with Crippen molar-refractivity contribution in [3.05, 3.63) is 23.8 Å². The predicted octanol–water partition coefficient (Wildman–Crippen LogP) is 1.77. The first-order valence-corrected chi connectivity index (χ1v) is 5.81. The van der Waals surface area contributed by atoms with Crippen LogP contribution < -0.4 is 11.1 Å². The number of nitrogens with two attached hydrogens (primary N) is 1. The summed E-state index contributed by atoms with van der Waals surface area (Å²) in [6.45, 7) is 3.64. The van der Waals surface area contributed by atoms with Gasteiger partial charge in [0.25, 0.3) is 0 Å². The van der Waals surface area contributed by atoms with Crippen LogP contribution in [0.2, 0.25) is 0 Å². The Bertz CT molecular complexity index is 451. The Balaban J connectivity index is 2.15. The second-order valence-electron chi connectivity index (χ2n) is 5.03. The molecule has 4 heteroatoms. The summed E-state index contributed by atoms with van der Waals surface area (Å²) in [5.41, 5.74) is 6.56. The minimum absolute atomic E-state index is 0.0653. The van der Waals surface area contributed by atoms with Crippen molar-refractivity contribution in [1.82, 2.24) is 0 Å². The van der Waals surface area contributed by atoms with E-state index in [-0.39, 0.29) is 17.6 Å². The van der Waals surface area contributed by atoms with Gasteiger partial charge in [0.15, 0.2) is 0 Å². The lowest BCUT2D eigenvalue weighted by molar-refractivity contribution is -0.121. The minimum Gasteiger partial charge on any atom is -0.506 e. The van der Waals surface area contributed by atoms with Crippen molar-refractivity contribution in [2.75, 3.05) is 5.32 Å². The van der Waals surface area contributed by atoms with Crippen LogP contribution >= 0.6 is 0 Å². The van der Waals surface area contributed by atoms with E-state index in [0.717, 1.165) is 18.4 Å². The molecule has 17 heavy (non-hydrogen) atoms. The van der Waals surface area contributed by atoms with Gasteiger partial charge in [0.1, 0.15) is 5.75 Å². The van der Waals surface area contributed by atoms with Crippen LogP contribution in [0.1, 0.15) is 25.3 Å². The van der Waals surface area contributed by atoms with E-state index in [9.17, 15) is 9.90 Å². The lowest BCUT2D eigenvalue weighted by Gasteiger charge is -2.23. The molecule has 1 aromatic rings. The summed E-state index contributed by atoms with van der Waals surface area (Å²) < 4.78 is 0. The standard InChI is InChI=1S/C13H18N2O2/c1-8-3-6-11(16)10(7-8)15-12(17)13(2,14)9-4-5-9/h3,6-7,9,16H,4-5,14H2,1-2H3,(H,15,17). The Kier molecular flexibility index (Phi) is 2.83. The van der Waals surface area contributed by atoms with E-state index in [1.54, 1.807) is 25.1 Å². The zero-order chi connectivity index (χ0) is 12.6. The summed E-state index contributed by atoms with van der Waals surface area (Å²) in [6, 6.07) is 5.08. The number of phenolic OH excluding ortho intramolecular Hbond substituents is 1. The summed E-state index contributed by atoms with van der Waals surface area (Å²) in [6.07, 6.45) is 2.00. The van der Waals surface area contributed by atoms with E-state index < -0.39 is 5.54 Å². The highest BCUT2D eigenvalue weighted by Crippen LogP contribution is 2.39. The van der Waals surface area contributed by atoms with Crippen molar-refractivity contribution in [3.63, 3.8) is 0 Å². The number of nitrogens with one attached hydrogen (secondary N) is 1. The molecule has 1 amide bonds. The van der Waals surface area contributed by atoms with Crippen molar-refractivity contribution in [3.8, 4) is 5.75 Å². The molecule has 0 aromatic heterocycles. The average molecular weight is 234 g/mol. The fraction of sp³-hybridized carbons (Fsp3) is 0.462. The van der Waals surface area contributed by atoms with E-state index in [0.29, 0.717) is 5.69 Å². The zero-order valence-corrected chi connectivity index (χ0v) is 10.2. The smallest absolute Gasteiger partial charge is 0.244 e. The molecule has 0 heterocycles. The molecule has 1 aromatic carbocycles. The number of amides is 1. The van der Waals surface area contributed by atoms with Crippen molar-refractivity contribution in [2.24, 2.45) is 11.7 Å². The van der Waals surface area contributed by atoms with Gasteiger partial charge in [0, 0.05) is 0 Å². The maximum Gasteiger partial charge on any atom is 0.244 e. The van der Waals surface area contributed by atoms with Crippen LogP contribution in [0, 0.1) is 12.8 Å². The quantitative estimate of drug-likeness (QED) is 0.698. The maximum atomic E-state index is 12.0. The SMILES string of the molecule is Cc1ccc(O)c(NC(=O)C(C)(N)C2CC2)c1. The Hall–Kier alpha value is -1.55. The normalized spacial score (nSPS) is 18.5. The van der Waals surface area contributed by atoms with Crippen LogP contribution in [-0.2, 0) is 4.79 Å². The summed E-state index contributed by atoms with van der Waals surface area (Å²) >= 11 is 0. The zero-order valence-electron chi connectivity index (χ0n) is 10.2. The van der Waals surface area contributed by atoms with Crippen molar-refractivity contribution < 1.29 is 9.90 Å². The van der Waals surface area contributed by atoms with Crippen LogP contribution in [0.25, 0.3) is 0 Å². The van der Waals surface area contributed by atoms with Gasteiger partial charge in [0.05, 0.1) is 11.2 Å². The first kappa shape index (κ1) is 11.9. The molecule has 0 aliphatic heterocycles. The molecule has 1 unspecified atom stereocenters. The molecule has 0 radical (unpaired) electrons. The third-order valence-electron chi connectivity index (χ3n) is 3.31. The monoisotopic (exact) mass is 234 g/mol. The third kappa shape index (κ3) is 2.42. The van der Waals surface area contributed by atoms with Gasteiger partial charge in [-0.1, -0.05) is 6.07 Å². The van der Waals surface area contributed by atoms with Crippen LogP contribution in [0.3, 0.4) is 0 Å². The van der Waals surface area contributed by atoms with Crippen LogP contribution in [0.4, 0.5) is 5.69 Å². The number of anilines is 1. The molecule has 2 rings (SSSR count). The Labute approximate surface area is 101 Å². The topological polar surface area (TPSA) is 75.3 Å². The van der Waals surface area contributed by atoms with E-state index >= 15 is 0 Å². The molecule has 0 spiro atoms. The molecule has 0 bridgehead atoms. The molecule has 1 aliphatic carbocycles. The molecule has 92 valence electrons. The third-order valence-corrected chi connectivity index (χ3v) is 3.31. The summed E-state index contributed by atoms with van der Waals surface area (Å²) in [4.78, 5) is 12.0. The summed E-state index contributed by atoms with van der Waals surface area (Å²) in [5.74, 6) is 0.0888. The number of phenols is 1. The number of benzene rings is 1. The Morgan fingerprint density at radius 1 is 1.53 bits per heavy atom. The largest absolute Gasteiger partial charge is 0.506 e. The summed E-state index contributed by atoms with van der Waals surface area (Å²) in [5, 5.41) is 12.3. The van der Waals surface area contributed by atoms with E-state index in [2.05, 4.69) is 5.32 Å². The van der Waals surface area contributed by atoms with Crippen LogP contribution in [-0.4, -0.2) is 16.6 Å². The van der Waals surface area contributed by atoms with Gasteiger partial charge < -0.3 is 16.2 Å². The first-order valence-electron chi connectivity index (χ1n) is 5.81. The molecule has 4 nitrogen and oxygen atoms in total. The Morgan fingerprint density at radius 3 is 2.76 bits per heavy atom. The molecule has 1 aliphatic rings. The van der Waals surface area contributed by atoms with Gasteiger partial charge in [-0.25, -0.2) is 0 Å². The van der Waals surface area contributed by atoms with Gasteiger partial charge in [-0.15, -0.1) is 0 Å². The lowest BCUT2D eigenvalue weighted by atomic mass is 9.96. The van der Waals surface area contributed by atoms with Crippen LogP contribution in [0.15, 0.2) is 18.2 Å². The van der Waals surface area contributed by atoms with E-state index in [1.807, 2.05) is 6.92 Å². The van der Waals surface area contributed by atoms with Crippen LogP contribution in [0.5, 0.6) is 5.75 Å². The second-order valence-corrected chi connectivity index (χ2v) is 5.03. The highest BCUT2D eigenvalue weighted by atomic mass is 16.3. The number of hydrogen-bond acceptors (Lipinski definition) is 3. The first-order chi connectivity index (χ1) is 7.91. The number of aromatic hydroxyl groups is 1. The molecular weight excluding hydrogens is 216 g/mol. The number of carbonyl (C=O) groups is 1. The van der Waals surface area contributed by atoms with Gasteiger partial charge in [-0.05, 0) is 50.3 Å². The van der Waals surface area contributed by atoms with Gasteiger partial charge in [0.2, 0.25) is 5.91 Å². The van der Waals surface area contributed by atoms with Gasteiger partial charge >= 0.3 is 0 Å². The summed E-state index contributed by atoms with van der Waals surface area (Å²) in [7, 11) is 0. The van der Waals surface area contributed by atoms with Gasteiger partial charge in [-0.3, -0.25) is 4.79 Å². The van der Waals surface area contributed by atoms with Crippen molar-refractivity contribution >= 4 is 11.6 Å². The molecule has 4 N–H and O–H groups in total. The number of carbonyl (C=O) groups excluding carboxylic acids is 1. The fourth-order valence-electron chi connectivity index (χ4n) is 1.88. The number of hydrogen-bond donors (Lipinski definition) is 3. The maximum absolute atomic E-state index is 12.0. The minimum atomic E-state index is -0.851. The molecule has 1 saturated carbocycles. The molecule has 1 fully saturated rings. The van der Waals surface area contributed by atoms with E-state index in [1.165, 1.54) is 0 Å². The number of rotatable bonds is 3. The van der Waals surface area contributed by atoms with Crippen molar-refractivity contribution in [2.45, 2.75) is 32.2 Å². The predicted molar refractivity (Wildman–Crippen MR) is 66.8 cm³/mol. The van der Waals surface area contributed by atoms with Gasteiger partial charge in [-0.2, -0.15) is 0 Å². The second kappa shape index (κ2) is 4.04. The molecule has 0 saturated heterocycles. The highest BCUT2D eigenvalue weighted by molar-refractivity contribution is 5.99. The van der Waals surface area contributed by atoms with Crippen molar-refractivity contribution in [1.29, 1.82) is 0 Å².